The number of carbonyl (C=O) groups is 1. The van der Waals surface area contributed by atoms with E-state index in [-0.39, 0.29) is 0 Å². The lowest BCUT2D eigenvalue weighted by Crippen LogP contribution is -2.15. The molecule has 5 nitrogen and oxygen atoms in total. The van der Waals surface area contributed by atoms with E-state index in [4.69, 9.17) is 4.74 Å². The van der Waals surface area contributed by atoms with Gasteiger partial charge in [-0.05, 0) is 35.4 Å². The third kappa shape index (κ3) is 4.79. The number of hydrogen-bond donors (Lipinski definition) is 2. The lowest BCUT2D eigenvalue weighted by atomic mass is 9.83. The monoisotopic (exact) mass is 488 g/mol. The van der Waals surface area contributed by atoms with Crippen molar-refractivity contribution in [1.82, 2.24) is 9.88 Å². The van der Waals surface area contributed by atoms with E-state index in [9.17, 15) is 9.90 Å². The van der Waals surface area contributed by atoms with Crippen molar-refractivity contribution in [3.05, 3.63) is 82.2 Å². The number of rotatable bonds is 9. The molecule has 35 heavy (non-hydrogen) atoms. The molecule has 2 heterocycles. The Morgan fingerprint density at radius 1 is 1.03 bits per heavy atom. The van der Waals surface area contributed by atoms with E-state index < -0.39 is 5.97 Å². The zero-order valence-electron chi connectivity index (χ0n) is 20.1. The fourth-order valence-electron chi connectivity index (χ4n) is 5.49. The predicted molar refractivity (Wildman–Crippen MR) is 142 cm³/mol. The maximum Gasteiger partial charge on any atom is 0.346 e. The van der Waals surface area contributed by atoms with Gasteiger partial charge in [-0.3, -0.25) is 0 Å². The molecule has 0 atom stereocenters. The number of carboxylic acids is 1. The van der Waals surface area contributed by atoms with Crippen molar-refractivity contribution in [3.63, 3.8) is 0 Å². The van der Waals surface area contributed by atoms with Crippen LogP contribution in [-0.2, 0) is 24.6 Å². The van der Waals surface area contributed by atoms with Gasteiger partial charge in [-0.25, -0.2) is 4.79 Å². The van der Waals surface area contributed by atoms with Crippen LogP contribution < -0.4 is 5.32 Å². The van der Waals surface area contributed by atoms with E-state index in [0.29, 0.717) is 30.6 Å². The van der Waals surface area contributed by atoms with Gasteiger partial charge < -0.3 is 19.7 Å². The van der Waals surface area contributed by atoms with Crippen LogP contribution in [0.15, 0.2) is 60.7 Å². The molecule has 4 aromatic rings. The van der Waals surface area contributed by atoms with Gasteiger partial charge in [0.05, 0.1) is 15.9 Å². The summed E-state index contributed by atoms with van der Waals surface area (Å²) in [6.45, 7) is 1.56. The number of nitrogens with one attached hydrogen (secondary N) is 1. The quantitative estimate of drug-likeness (QED) is 0.266. The fourth-order valence-corrected chi connectivity index (χ4v) is 6.78. The van der Waals surface area contributed by atoms with Gasteiger partial charge in [-0.2, -0.15) is 0 Å². The van der Waals surface area contributed by atoms with E-state index in [1.165, 1.54) is 47.4 Å². The van der Waals surface area contributed by atoms with E-state index in [1.54, 1.807) is 7.11 Å². The number of ether oxygens (including phenoxy) is 1. The molecule has 0 radical (unpaired) electrons. The molecule has 2 N–H and O–H groups in total. The Labute approximate surface area is 210 Å². The fraction of sp³-hybridized carbons (Fsp3) is 0.345. The van der Waals surface area contributed by atoms with Crippen molar-refractivity contribution in [1.29, 1.82) is 0 Å². The molecule has 182 valence electrons. The summed E-state index contributed by atoms with van der Waals surface area (Å²) < 4.78 is 9.03. The highest BCUT2D eigenvalue weighted by molar-refractivity contribution is 7.21. The lowest BCUT2D eigenvalue weighted by molar-refractivity contribution is 0.0701. The zero-order valence-corrected chi connectivity index (χ0v) is 20.9. The van der Waals surface area contributed by atoms with E-state index in [0.717, 1.165) is 34.2 Å². The Balaban J connectivity index is 1.67. The van der Waals surface area contributed by atoms with Crippen LogP contribution in [-0.4, -0.2) is 22.8 Å². The summed E-state index contributed by atoms with van der Waals surface area (Å²) in [6.07, 6.45) is 6.01. The number of benzene rings is 2. The highest BCUT2D eigenvalue weighted by Crippen LogP contribution is 2.48. The number of aromatic nitrogens is 1. The minimum absolute atomic E-state index is 0.384. The first-order valence-corrected chi connectivity index (χ1v) is 13.2. The smallest absolute Gasteiger partial charge is 0.346 e. The summed E-state index contributed by atoms with van der Waals surface area (Å²) in [5.74, 6) is -0.424. The Hall–Kier alpha value is -2.93. The van der Waals surface area contributed by atoms with Gasteiger partial charge >= 0.3 is 5.97 Å². The number of aromatic carboxylic acids is 1. The molecule has 2 aromatic heterocycles. The van der Waals surface area contributed by atoms with Gasteiger partial charge in [0.2, 0.25) is 0 Å². The summed E-state index contributed by atoms with van der Waals surface area (Å²) in [5, 5.41) is 13.6. The molecule has 0 amide bonds. The standard InChI is InChI=1S/C29H32N2O3S/c1-34-19-31-25(22-15-9-4-10-16-22)24(21-13-7-3-8-14-21)28-26(31)23(27(35-28)29(32)33)18-30-17-20-11-5-2-6-12-20/h2,4-6,9-12,15-16,21,30H,3,7-8,13-14,17-19H2,1H3,(H,32,33). The maximum atomic E-state index is 12.4. The first-order valence-electron chi connectivity index (χ1n) is 12.4. The highest BCUT2D eigenvalue weighted by Gasteiger charge is 2.31. The maximum absolute atomic E-state index is 12.4. The van der Waals surface area contributed by atoms with Crippen molar-refractivity contribution >= 4 is 27.5 Å². The molecule has 0 saturated heterocycles. The average Bonchev–Trinajstić information content (AvgIpc) is 3.41. The van der Waals surface area contributed by atoms with Crippen molar-refractivity contribution in [2.75, 3.05) is 7.11 Å². The molecule has 1 saturated carbocycles. The van der Waals surface area contributed by atoms with Crippen molar-refractivity contribution in [3.8, 4) is 11.3 Å². The van der Waals surface area contributed by atoms with Crippen LogP contribution in [0.25, 0.3) is 21.5 Å². The second-order valence-corrected chi connectivity index (χ2v) is 10.3. The number of hydrogen-bond acceptors (Lipinski definition) is 4. The third-order valence-corrected chi connectivity index (χ3v) is 8.25. The molecule has 0 bridgehead atoms. The third-order valence-electron chi connectivity index (χ3n) is 7.01. The van der Waals surface area contributed by atoms with E-state index >= 15 is 0 Å². The number of fused-ring (bicyclic) bond motifs is 1. The predicted octanol–water partition coefficient (Wildman–Crippen LogP) is 7.01. The van der Waals surface area contributed by atoms with Crippen LogP contribution in [0.3, 0.4) is 0 Å². The van der Waals surface area contributed by atoms with Crippen molar-refractivity contribution in [2.45, 2.75) is 57.8 Å². The second kappa shape index (κ2) is 10.8. The summed E-state index contributed by atoms with van der Waals surface area (Å²) in [6, 6.07) is 20.7. The molecule has 0 aliphatic heterocycles. The summed E-state index contributed by atoms with van der Waals surface area (Å²) in [7, 11) is 1.71. The number of nitrogens with zero attached hydrogens (tertiary/aromatic N) is 1. The highest BCUT2D eigenvalue weighted by atomic mass is 32.1. The molecule has 1 aliphatic carbocycles. The van der Waals surface area contributed by atoms with Crippen LogP contribution in [0.1, 0.15) is 64.4 Å². The normalized spacial score (nSPS) is 14.5. The molecule has 0 unspecified atom stereocenters. The van der Waals surface area contributed by atoms with Crippen LogP contribution in [0, 0.1) is 0 Å². The summed E-state index contributed by atoms with van der Waals surface area (Å²) in [5.41, 5.74) is 6.69. The topological polar surface area (TPSA) is 63.5 Å². The van der Waals surface area contributed by atoms with Crippen molar-refractivity contribution in [2.24, 2.45) is 0 Å². The second-order valence-electron chi connectivity index (χ2n) is 9.29. The minimum atomic E-state index is -0.859. The zero-order chi connectivity index (χ0) is 24.2. The largest absolute Gasteiger partial charge is 0.477 e. The minimum Gasteiger partial charge on any atom is -0.477 e. The Kier molecular flexibility index (Phi) is 7.32. The number of methoxy groups -OCH3 is 1. The van der Waals surface area contributed by atoms with Gasteiger partial charge in [0.25, 0.3) is 0 Å². The molecule has 1 aliphatic rings. The Morgan fingerprint density at radius 3 is 2.37 bits per heavy atom. The average molecular weight is 489 g/mol. The SMILES string of the molecule is COCn1c(-c2ccccc2)c(C2CCCCC2)c2sc(C(=O)O)c(CNCc3ccccc3)c21. The molecule has 1 fully saturated rings. The Morgan fingerprint density at radius 2 is 1.71 bits per heavy atom. The lowest BCUT2D eigenvalue weighted by Gasteiger charge is -2.23. The first-order chi connectivity index (χ1) is 17.2. The molecule has 5 rings (SSSR count). The molecule has 0 spiro atoms. The van der Waals surface area contributed by atoms with Gasteiger partial charge in [0, 0.05) is 25.8 Å². The number of carboxylic acid groups (broad SMARTS) is 1. The van der Waals surface area contributed by atoms with Crippen LogP contribution in [0.4, 0.5) is 0 Å². The summed E-state index contributed by atoms with van der Waals surface area (Å²) in [4.78, 5) is 12.8. The van der Waals surface area contributed by atoms with Crippen LogP contribution in [0.2, 0.25) is 0 Å². The van der Waals surface area contributed by atoms with Crippen LogP contribution >= 0.6 is 11.3 Å². The van der Waals surface area contributed by atoms with Gasteiger partial charge in [0.15, 0.2) is 0 Å². The number of thiophene rings is 1. The van der Waals surface area contributed by atoms with Crippen molar-refractivity contribution < 1.29 is 14.6 Å². The van der Waals surface area contributed by atoms with Crippen LogP contribution in [0.5, 0.6) is 0 Å². The van der Waals surface area contributed by atoms with E-state index in [1.807, 2.05) is 24.3 Å². The summed E-state index contributed by atoms with van der Waals surface area (Å²) >= 11 is 1.44. The van der Waals surface area contributed by atoms with E-state index in [2.05, 4.69) is 46.3 Å². The van der Waals surface area contributed by atoms with Gasteiger partial charge in [-0.15, -0.1) is 11.3 Å². The van der Waals surface area contributed by atoms with Gasteiger partial charge in [0.1, 0.15) is 11.6 Å². The van der Waals surface area contributed by atoms with Gasteiger partial charge in [-0.1, -0.05) is 79.9 Å². The molecular formula is C29H32N2O3S. The Bertz CT molecular complexity index is 1290. The molecular weight excluding hydrogens is 456 g/mol. The molecule has 6 heteroatoms. The first kappa shape index (κ1) is 23.8. The molecule has 2 aromatic carbocycles.